The average Bonchev–Trinajstić information content (AvgIpc) is 3.12. The number of carbonyl (C=O) groups is 1. The molecule has 1 N–H and O–H groups in total. The molecular weight excluding hydrogens is 304 g/mol. The smallest absolute Gasteiger partial charge is 0.255 e. The minimum absolute atomic E-state index is 0.197. The van der Waals surface area contributed by atoms with Crippen LogP contribution in [0.3, 0.4) is 0 Å². The first-order chi connectivity index (χ1) is 11.6. The quantitative estimate of drug-likeness (QED) is 0.935. The van der Waals surface area contributed by atoms with Crippen molar-refractivity contribution in [3.8, 4) is 5.75 Å². The lowest BCUT2D eigenvalue weighted by Gasteiger charge is -2.18. The highest BCUT2D eigenvalue weighted by Crippen LogP contribution is 2.23. The molecule has 1 aromatic heterocycles. The molecule has 0 unspecified atom stereocenters. The molecule has 0 spiro atoms. The minimum Gasteiger partial charge on any atom is -0.497 e. The Balaban J connectivity index is 1.82. The van der Waals surface area contributed by atoms with Crippen molar-refractivity contribution in [2.45, 2.75) is 26.7 Å². The van der Waals surface area contributed by atoms with Gasteiger partial charge in [0.25, 0.3) is 5.91 Å². The SMILES string of the molecule is COc1cccc(C(=O)Nc2c(C)nc(N3CCCC3)nc2C)c1. The second kappa shape index (κ2) is 6.86. The molecule has 0 bridgehead atoms. The van der Waals surface area contributed by atoms with Crippen LogP contribution in [-0.4, -0.2) is 36.1 Å². The Labute approximate surface area is 141 Å². The Bertz CT molecular complexity index is 731. The van der Waals surface area contributed by atoms with Crippen molar-refractivity contribution in [1.82, 2.24) is 9.97 Å². The van der Waals surface area contributed by atoms with Gasteiger partial charge >= 0.3 is 0 Å². The summed E-state index contributed by atoms with van der Waals surface area (Å²) in [4.78, 5) is 23.8. The van der Waals surface area contributed by atoms with Gasteiger partial charge in [-0.15, -0.1) is 0 Å². The third kappa shape index (κ3) is 3.32. The lowest BCUT2D eigenvalue weighted by molar-refractivity contribution is 0.102. The number of aryl methyl sites for hydroxylation is 2. The fraction of sp³-hybridized carbons (Fsp3) is 0.389. The van der Waals surface area contributed by atoms with Crippen LogP contribution in [0.1, 0.15) is 34.6 Å². The number of aromatic nitrogens is 2. The third-order valence-electron chi connectivity index (χ3n) is 4.22. The molecule has 1 aliphatic rings. The monoisotopic (exact) mass is 326 g/mol. The molecule has 1 aromatic carbocycles. The van der Waals surface area contributed by atoms with Crippen LogP contribution >= 0.6 is 0 Å². The highest BCUT2D eigenvalue weighted by Gasteiger charge is 2.18. The van der Waals surface area contributed by atoms with Crippen LogP contribution in [0.4, 0.5) is 11.6 Å². The number of rotatable bonds is 4. The summed E-state index contributed by atoms with van der Waals surface area (Å²) in [7, 11) is 1.58. The van der Waals surface area contributed by atoms with Crippen LogP contribution in [0.5, 0.6) is 5.75 Å². The lowest BCUT2D eigenvalue weighted by atomic mass is 10.2. The van der Waals surface area contributed by atoms with Crippen molar-refractivity contribution >= 4 is 17.5 Å². The van der Waals surface area contributed by atoms with Crippen LogP contribution in [0.15, 0.2) is 24.3 Å². The minimum atomic E-state index is -0.197. The van der Waals surface area contributed by atoms with Gasteiger partial charge in [0, 0.05) is 18.7 Å². The standard InChI is InChI=1S/C18H22N4O2/c1-12-16(13(2)20-18(19-12)22-9-4-5-10-22)21-17(23)14-7-6-8-15(11-14)24-3/h6-8,11H,4-5,9-10H2,1-3H3,(H,21,23). The van der Waals surface area contributed by atoms with Crippen molar-refractivity contribution in [2.75, 3.05) is 30.4 Å². The number of nitrogens with one attached hydrogen (secondary N) is 1. The summed E-state index contributed by atoms with van der Waals surface area (Å²) in [5.74, 6) is 1.20. The first-order valence-corrected chi connectivity index (χ1v) is 8.14. The molecule has 6 nitrogen and oxygen atoms in total. The largest absolute Gasteiger partial charge is 0.497 e. The summed E-state index contributed by atoms with van der Waals surface area (Å²) in [6.45, 7) is 5.79. The van der Waals surface area contributed by atoms with Gasteiger partial charge in [0.15, 0.2) is 0 Å². The summed E-state index contributed by atoms with van der Waals surface area (Å²) < 4.78 is 5.17. The van der Waals surface area contributed by atoms with E-state index in [1.807, 2.05) is 13.8 Å². The molecule has 6 heteroatoms. The summed E-state index contributed by atoms with van der Waals surface area (Å²) in [5.41, 5.74) is 2.77. The summed E-state index contributed by atoms with van der Waals surface area (Å²) in [6, 6.07) is 7.06. The molecule has 1 amide bonds. The molecule has 3 rings (SSSR count). The summed E-state index contributed by atoms with van der Waals surface area (Å²) in [6.07, 6.45) is 2.35. The molecule has 2 heterocycles. The molecule has 0 atom stereocenters. The highest BCUT2D eigenvalue weighted by molar-refractivity contribution is 6.05. The van der Waals surface area contributed by atoms with Crippen LogP contribution in [-0.2, 0) is 0 Å². The maximum Gasteiger partial charge on any atom is 0.255 e. The van der Waals surface area contributed by atoms with Gasteiger partial charge in [-0.05, 0) is 44.9 Å². The Kier molecular flexibility index (Phi) is 4.64. The first kappa shape index (κ1) is 16.2. The van der Waals surface area contributed by atoms with E-state index >= 15 is 0 Å². The van der Waals surface area contributed by atoms with Crippen molar-refractivity contribution < 1.29 is 9.53 Å². The second-order valence-corrected chi connectivity index (χ2v) is 5.95. The van der Waals surface area contributed by atoms with E-state index in [1.165, 1.54) is 12.8 Å². The van der Waals surface area contributed by atoms with E-state index in [9.17, 15) is 4.79 Å². The van der Waals surface area contributed by atoms with E-state index < -0.39 is 0 Å². The molecule has 0 aliphatic carbocycles. The van der Waals surface area contributed by atoms with E-state index in [4.69, 9.17) is 4.74 Å². The molecule has 1 fully saturated rings. The number of methoxy groups -OCH3 is 1. The van der Waals surface area contributed by atoms with Gasteiger partial charge in [-0.1, -0.05) is 6.07 Å². The number of amides is 1. The predicted molar refractivity (Wildman–Crippen MR) is 93.9 cm³/mol. The van der Waals surface area contributed by atoms with E-state index in [2.05, 4.69) is 20.2 Å². The molecule has 0 saturated carbocycles. The molecule has 1 saturated heterocycles. The van der Waals surface area contributed by atoms with Crippen LogP contribution < -0.4 is 15.0 Å². The first-order valence-electron chi connectivity index (χ1n) is 8.14. The van der Waals surface area contributed by atoms with Crippen LogP contribution in [0.25, 0.3) is 0 Å². The number of anilines is 2. The van der Waals surface area contributed by atoms with Gasteiger partial charge in [-0.2, -0.15) is 0 Å². The van der Waals surface area contributed by atoms with E-state index in [-0.39, 0.29) is 5.91 Å². The molecule has 126 valence electrons. The molecule has 0 radical (unpaired) electrons. The maximum absolute atomic E-state index is 12.5. The van der Waals surface area contributed by atoms with Gasteiger partial charge in [0.05, 0.1) is 24.2 Å². The summed E-state index contributed by atoms with van der Waals surface area (Å²) in [5, 5.41) is 2.93. The van der Waals surface area contributed by atoms with E-state index in [0.717, 1.165) is 30.4 Å². The third-order valence-corrected chi connectivity index (χ3v) is 4.22. The van der Waals surface area contributed by atoms with Crippen molar-refractivity contribution in [1.29, 1.82) is 0 Å². The number of hydrogen-bond donors (Lipinski definition) is 1. The van der Waals surface area contributed by atoms with Crippen LogP contribution in [0, 0.1) is 13.8 Å². The normalized spacial score (nSPS) is 13.9. The molecule has 2 aromatic rings. The molecule has 1 aliphatic heterocycles. The zero-order valence-corrected chi connectivity index (χ0v) is 14.3. The van der Waals surface area contributed by atoms with Gasteiger partial charge in [0.2, 0.25) is 5.95 Å². The average molecular weight is 326 g/mol. The maximum atomic E-state index is 12.5. The zero-order valence-electron chi connectivity index (χ0n) is 14.3. The van der Waals surface area contributed by atoms with Gasteiger partial charge in [-0.3, -0.25) is 4.79 Å². The number of nitrogens with zero attached hydrogens (tertiary/aromatic N) is 3. The number of ether oxygens (including phenoxy) is 1. The lowest BCUT2D eigenvalue weighted by Crippen LogP contribution is -2.22. The Morgan fingerprint density at radius 2 is 1.83 bits per heavy atom. The molecule has 24 heavy (non-hydrogen) atoms. The van der Waals surface area contributed by atoms with Gasteiger partial charge in [-0.25, -0.2) is 9.97 Å². The topological polar surface area (TPSA) is 67.3 Å². The van der Waals surface area contributed by atoms with Crippen molar-refractivity contribution in [2.24, 2.45) is 0 Å². The number of hydrogen-bond acceptors (Lipinski definition) is 5. The Morgan fingerprint density at radius 3 is 2.46 bits per heavy atom. The fourth-order valence-electron chi connectivity index (χ4n) is 2.89. The van der Waals surface area contributed by atoms with Crippen molar-refractivity contribution in [3.05, 3.63) is 41.2 Å². The number of carbonyl (C=O) groups excluding carboxylic acids is 1. The Morgan fingerprint density at radius 1 is 1.17 bits per heavy atom. The van der Waals surface area contributed by atoms with Crippen LogP contribution in [0.2, 0.25) is 0 Å². The van der Waals surface area contributed by atoms with Crippen molar-refractivity contribution in [3.63, 3.8) is 0 Å². The number of benzene rings is 1. The second-order valence-electron chi connectivity index (χ2n) is 5.95. The zero-order chi connectivity index (χ0) is 17.1. The van der Waals surface area contributed by atoms with E-state index in [1.54, 1.807) is 31.4 Å². The Hall–Kier alpha value is -2.63. The highest BCUT2D eigenvalue weighted by atomic mass is 16.5. The summed E-state index contributed by atoms with van der Waals surface area (Å²) >= 11 is 0. The predicted octanol–water partition coefficient (Wildman–Crippen LogP) is 2.95. The fourth-order valence-corrected chi connectivity index (χ4v) is 2.89. The molecular formula is C18H22N4O2. The van der Waals surface area contributed by atoms with Gasteiger partial charge < -0.3 is 15.0 Å². The van der Waals surface area contributed by atoms with Gasteiger partial charge in [0.1, 0.15) is 5.75 Å². The van der Waals surface area contributed by atoms with E-state index in [0.29, 0.717) is 17.0 Å².